The quantitative estimate of drug-likeness (QED) is 0.592. The van der Waals surface area contributed by atoms with Gasteiger partial charge in [-0.3, -0.25) is 19.2 Å². The van der Waals surface area contributed by atoms with Crippen molar-refractivity contribution in [3.63, 3.8) is 0 Å². The summed E-state index contributed by atoms with van der Waals surface area (Å²) in [6.45, 7) is 1.86. The molecule has 33 heavy (non-hydrogen) atoms. The van der Waals surface area contributed by atoms with E-state index in [2.05, 4.69) is 10.4 Å². The molecule has 0 spiro atoms. The molecule has 0 radical (unpaired) electrons. The van der Waals surface area contributed by atoms with E-state index < -0.39 is 17.3 Å². The van der Waals surface area contributed by atoms with Crippen LogP contribution in [-0.4, -0.2) is 33.2 Å². The molecule has 1 N–H and O–H groups in total. The Morgan fingerprint density at radius 2 is 1.94 bits per heavy atom. The van der Waals surface area contributed by atoms with Gasteiger partial charge in [0.15, 0.2) is 5.76 Å². The molecule has 2 aromatic heterocycles. The maximum Gasteiger partial charge on any atom is 0.277 e. The number of fused-ring (bicyclic) bond motifs is 1. The number of carbonyl (C=O) groups excluding carboxylic acids is 2. The van der Waals surface area contributed by atoms with E-state index in [4.69, 9.17) is 4.42 Å². The maximum absolute atomic E-state index is 14.1. The van der Waals surface area contributed by atoms with Crippen molar-refractivity contribution in [2.45, 2.75) is 63.6 Å². The number of benzene rings is 1. The highest BCUT2D eigenvalue weighted by atomic mass is 19.1. The summed E-state index contributed by atoms with van der Waals surface area (Å²) in [7, 11) is 0. The Bertz CT molecular complexity index is 1160. The fraction of sp³-hybridized carbons (Fsp3) is 0.400. The van der Waals surface area contributed by atoms with Crippen LogP contribution in [0.25, 0.3) is 11.5 Å². The predicted octanol–water partition coefficient (Wildman–Crippen LogP) is 4.54. The molecule has 1 fully saturated rings. The SMILES string of the molecule is C[C@@]1(C(=O)NC2CCCCCC2)Cn2nc(-c3ccco3)cc2C(=O)N1c1cccc(F)c1. The number of nitrogens with one attached hydrogen (secondary N) is 1. The zero-order chi connectivity index (χ0) is 23.0. The van der Waals surface area contributed by atoms with Crippen molar-refractivity contribution in [3.8, 4) is 11.5 Å². The van der Waals surface area contributed by atoms with Gasteiger partial charge in [0, 0.05) is 17.8 Å². The van der Waals surface area contributed by atoms with Crippen LogP contribution in [0.15, 0.2) is 53.1 Å². The third kappa shape index (κ3) is 3.94. The molecule has 3 aromatic rings. The standard InChI is InChI=1S/C25H27FN4O3/c1-25(24(32)27-18-9-4-2-3-5-10-18)16-29-21(15-20(28-29)22-12-7-13-33-22)23(31)30(25)19-11-6-8-17(26)14-19/h6-8,11-15,18H,2-5,9-10,16H2,1H3,(H,27,32)/t25-/m0/s1. The van der Waals surface area contributed by atoms with E-state index >= 15 is 0 Å². The fourth-order valence-electron chi connectivity index (χ4n) is 4.91. The third-order valence-corrected chi connectivity index (χ3v) is 6.67. The Balaban J connectivity index is 1.55. The summed E-state index contributed by atoms with van der Waals surface area (Å²) in [5, 5.41) is 7.73. The molecule has 1 saturated carbocycles. The molecule has 0 bridgehead atoms. The van der Waals surface area contributed by atoms with E-state index in [1.807, 2.05) is 0 Å². The summed E-state index contributed by atoms with van der Waals surface area (Å²) in [5.74, 6) is -0.600. The Labute approximate surface area is 191 Å². The van der Waals surface area contributed by atoms with Crippen LogP contribution in [0.3, 0.4) is 0 Å². The number of furan rings is 1. The van der Waals surface area contributed by atoms with Crippen molar-refractivity contribution in [1.29, 1.82) is 0 Å². The highest BCUT2D eigenvalue weighted by Crippen LogP contribution is 2.35. The number of anilines is 1. The molecular weight excluding hydrogens is 423 g/mol. The minimum atomic E-state index is -1.28. The molecule has 0 saturated heterocycles. The van der Waals surface area contributed by atoms with E-state index in [1.54, 1.807) is 48.2 Å². The van der Waals surface area contributed by atoms with Gasteiger partial charge in [-0.1, -0.05) is 31.7 Å². The van der Waals surface area contributed by atoms with Gasteiger partial charge in [0.25, 0.3) is 5.91 Å². The Kier molecular flexibility index (Phi) is 5.52. The second kappa shape index (κ2) is 8.50. The van der Waals surface area contributed by atoms with Crippen molar-refractivity contribution >= 4 is 17.5 Å². The zero-order valence-corrected chi connectivity index (χ0v) is 18.6. The lowest BCUT2D eigenvalue weighted by molar-refractivity contribution is -0.127. The normalized spacial score (nSPS) is 21.5. The third-order valence-electron chi connectivity index (χ3n) is 6.67. The van der Waals surface area contributed by atoms with Crippen molar-refractivity contribution in [3.05, 3.63) is 60.2 Å². The molecule has 1 aliphatic heterocycles. The molecule has 8 heteroatoms. The van der Waals surface area contributed by atoms with Crippen LogP contribution in [0.2, 0.25) is 0 Å². The number of nitrogens with zero attached hydrogens (tertiary/aromatic N) is 3. The molecule has 2 amide bonds. The van der Waals surface area contributed by atoms with Gasteiger partial charge in [0.05, 0.1) is 12.8 Å². The van der Waals surface area contributed by atoms with Gasteiger partial charge in [-0.25, -0.2) is 4.39 Å². The second-order valence-corrected chi connectivity index (χ2v) is 9.11. The summed E-state index contributed by atoms with van der Waals surface area (Å²) in [5.41, 5.74) is -0.108. The Hall–Kier alpha value is -3.42. The summed E-state index contributed by atoms with van der Waals surface area (Å²) in [6, 6.07) is 11.0. The summed E-state index contributed by atoms with van der Waals surface area (Å²) < 4.78 is 21.1. The predicted molar refractivity (Wildman–Crippen MR) is 121 cm³/mol. The van der Waals surface area contributed by atoms with Crippen molar-refractivity contribution in [1.82, 2.24) is 15.1 Å². The summed E-state index contributed by atoms with van der Waals surface area (Å²) in [4.78, 5) is 28.8. The van der Waals surface area contributed by atoms with Crippen LogP contribution in [0, 0.1) is 5.82 Å². The van der Waals surface area contributed by atoms with Crippen molar-refractivity contribution in [2.75, 3.05) is 4.90 Å². The molecule has 7 nitrogen and oxygen atoms in total. The first-order valence-corrected chi connectivity index (χ1v) is 11.5. The van der Waals surface area contributed by atoms with Gasteiger partial charge in [0.2, 0.25) is 5.91 Å². The second-order valence-electron chi connectivity index (χ2n) is 9.11. The Morgan fingerprint density at radius 3 is 2.64 bits per heavy atom. The lowest BCUT2D eigenvalue weighted by Gasteiger charge is -2.43. The van der Waals surface area contributed by atoms with E-state index in [-0.39, 0.29) is 18.5 Å². The number of amides is 2. The molecule has 0 unspecified atom stereocenters. The number of rotatable bonds is 4. The van der Waals surface area contributed by atoms with Crippen LogP contribution < -0.4 is 10.2 Å². The van der Waals surface area contributed by atoms with E-state index in [0.717, 1.165) is 25.7 Å². The van der Waals surface area contributed by atoms with Gasteiger partial charge in [0.1, 0.15) is 22.7 Å². The van der Waals surface area contributed by atoms with Gasteiger partial charge in [-0.15, -0.1) is 0 Å². The molecule has 3 heterocycles. The molecule has 2 aliphatic rings. The van der Waals surface area contributed by atoms with Crippen molar-refractivity contribution < 1.29 is 18.4 Å². The van der Waals surface area contributed by atoms with Crippen LogP contribution in [0.1, 0.15) is 55.9 Å². The first-order chi connectivity index (χ1) is 16.0. The first-order valence-electron chi connectivity index (χ1n) is 11.5. The fourth-order valence-corrected chi connectivity index (χ4v) is 4.91. The monoisotopic (exact) mass is 450 g/mol. The van der Waals surface area contributed by atoms with Gasteiger partial charge in [-0.05, 0) is 50.1 Å². The van der Waals surface area contributed by atoms with Gasteiger partial charge < -0.3 is 9.73 Å². The molecular formula is C25H27FN4O3. The first kappa shape index (κ1) is 21.4. The zero-order valence-electron chi connectivity index (χ0n) is 18.6. The minimum absolute atomic E-state index is 0.0685. The van der Waals surface area contributed by atoms with Crippen LogP contribution in [-0.2, 0) is 11.3 Å². The number of aromatic nitrogens is 2. The van der Waals surface area contributed by atoms with Gasteiger partial charge in [-0.2, -0.15) is 5.10 Å². The number of hydrogen-bond donors (Lipinski definition) is 1. The van der Waals surface area contributed by atoms with E-state index in [9.17, 15) is 14.0 Å². The Morgan fingerprint density at radius 1 is 1.15 bits per heavy atom. The van der Waals surface area contributed by atoms with Crippen molar-refractivity contribution in [2.24, 2.45) is 0 Å². The minimum Gasteiger partial charge on any atom is -0.463 e. The molecule has 172 valence electrons. The molecule has 1 atom stereocenters. The topological polar surface area (TPSA) is 80.4 Å². The number of hydrogen-bond acceptors (Lipinski definition) is 4. The number of halogens is 1. The molecule has 5 rings (SSSR count). The largest absolute Gasteiger partial charge is 0.463 e. The van der Waals surface area contributed by atoms with E-state index in [1.165, 1.54) is 29.9 Å². The highest BCUT2D eigenvalue weighted by molar-refractivity contribution is 6.12. The van der Waals surface area contributed by atoms with E-state index in [0.29, 0.717) is 22.8 Å². The maximum atomic E-state index is 14.1. The van der Waals surface area contributed by atoms with Crippen LogP contribution in [0.4, 0.5) is 10.1 Å². The lowest BCUT2D eigenvalue weighted by atomic mass is 9.93. The number of carbonyl (C=O) groups is 2. The molecule has 1 aliphatic carbocycles. The smallest absolute Gasteiger partial charge is 0.277 e. The summed E-state index contributed by atoms with van der Waals surface area (Å²) in [6.07, 6.45) is 7.87. The van der Waals surface area contributed by atoms with Gasteiger partial charge >= 0.3 is 0 Å². The highest BCUT2D eigenvalue weighted by Gasteiger charge is 2.49. The average Bonchev–Trinajstić information content (AvgIpc) is 3.39. The van der Waals surface area contributed by atoms with Crippen LogP contribution in [0.5, 0.6) is 0 Å². The summed E-state index contributed by atoms with van der Waals surface area (Å²) >= 11 is 0. The molecule has 1 aromatic carbocycles. The van der Waals surface area contributed by atoms with Crippen LogP contribution >= 0.6 is 0 Å². The average molecular weight is 451 g/mol. The lowest BCUT2D eigenvalue weighted by Crippen LogP contribution is -2.65.